The van der Waals surface area contributed by atoms with Crippen LogP contribution in [0.15, 0.2) is 6.07 Å². The van der Waals surface area contributed by atoms with E-state index in [1.165, 1.54) is 6.07 Å². The summed E-state index contributed by atoms with van der Waals surface area (Å²) < 4.78 is 26.6. The molecule has 4 heteroatoms. The standard InChI is InChI=1S/C10H12F2N2/c11-8-4-5-3-6(13)1-2-7(5)9(12)10(8)14/h4,6H,1-3,13-14H2/t6-/m1/s1. The third-order valence-corrected chi connectivity index (χ3v) is 2.69. The summed E-state index contributed by atoms with van der Waals surface area (Å²) >= 11 is 0. The molecule has 0 spiro atoms. The van der Waals surface area contributed by atoms with Crippen LogP contribution in [0.4, 0.5) is 14.5 Å². The van der Waals surface area contributed by atoms with Crippen molar-refractivity contribution in [2.24, 2.45) is 5.73 Å². The minimum absolute atomic E-state index is 0.00456. The molecule has 0 fully saturated rings. The van der Waals surface area contributed by atoms with Gasteiger partial charge in [0.05, 0.1) is 0 Å². The summed E-state index contributed by atoms with van der Waals surface area (Å²) in [5.74, 6) is -1.29. The average molecular weight is 198 g/mol. The van der Waals surface area contributed by atoms with Gasteiger partial charge in [-0.05, 0) is 36.5 Å². The van der Waals surface area contributed by atoms with Gasteiger partial charge in [0, 0.05) is 6.04 Å². The van der Waals surface area contributed by atoms with Gasteiger partial charge in [-0.2, -0.15) is 0 Å². The molecule has 4 N–H and O–H groups in total. The van der Waals surface area contributed by atoms with Crippen LogP contribution >= 0.6 is 0 Å². The fourth-order valence-electron chi connectivity index (χ4n) is 1.89. The molecule has 0 amide bonds. The molecule has 0 aromatic heterocycles. The van der Waals surface area contributed by atoms with Gasteiger partial charge in [-0.3, -0.25) is 0 Å². The number of rotatable bonds is 0. The Labute approximate surface area is 80.9 Å². The van der Waals surface area contributed by atoms with E-state index in [1.54, 1.807) is 0 Å². The second-order valence-corrected chi connectivity index (χ2v) is 3.73. The molecule has 0 saturated carbocycles. The van der Waals surface area contributed by atoms with Gasteiger partial charge in [0.15, 0.2) is 5.82 Å². The van der Waals surface area contributed by atoms with Crippen molar-refractivity contribution in [2.45, 2.75) is 25.3 Å². The molecule has 14 heavy (non-hydrogen) atoms. The molecule has 1 aromatic rings. The van der Waals surface area contributed by atoms with E-state index in [4.69, 9.17) is 11.5 Å². The van der Waals surface area contributed by atoms with Gasteiger partial charge in [0.1, 0.15) is 11.5 Å². The largest absolute Gasteiger partial charge is 0.394 e. The minimum Gasteiger partial charge on any atom is -0.394 e. The van der Waals surface area contributed by atoms with Gasteiger partial charge in [0.2, 0.25) is 0 Å². The van der Waals surface area contributed by atoms with Gasteiger partial charge in [0.25, 0.3) is 0 Å². The van der Waals surface area contributed by atoms with Gasteiger partial charge < -0.3 is 11.5 Å². The molecule has 2 nitrogen and oxygen atoms in total. The predicted octanol–water partition coefficient (Wildman–Crippen LogP) is 1.36. The van der Waals surface area contributed by atoms with Crippen molar-refractivity contribution < 1.29 is 8.78 Å². The first kappa shape index (κ1) is 9.40. The summed E-state index contributed by atoms with van der Waals surface area (Å²) in [5, 5.41) is 0. The zero-order chi connectivity index (χ0) is 10.3. The molecule has 2 rings (SSSR count). The first-order valence-corrected chi connectivity index (χ1v) is 4.60. The molecular weight excluding hydrogens is 186 g/mol. The molecule has 0 saturated heterocycles. The number of nitrogens with two attached hydrogens (primary N) is 2. The quantitative estimate of drug-likeness (QED) is 0.618. The summed E-state index contributed by atoms with van der Waals surface area (Å²) in [5.41, 5.74) is 11.8. The summed E-state index contributed by atoms with van der Waals surface area (Å²) in [4.78, 5) is 0. The van der Waals surface area contributed by atoms with Crippen molar-refractivity contribution in [3.8, 4) is 0 Å². The summed E-state index contributed by atoms with van der Waals surface area (Å²) in [6.45, 7) is 0. The number of nitrogen functional groups attached to an aromatic ring is 1. The van der Waals surface area contributed by atoms with Gasteiger partial charge in [-0.1, -0.05) is 0 Å². The maximum absolute atomic E-state index is 13.5. The highest BCUT2D eigenvalue weighted by Gasteiger charge is 2.22. The van der Waals surface area contributed by atoms with E-state index in [-0.39, 0.29) is 11.7 Å². The molecule has 1 aliphatic rings. The Kier molecular flexibility index (Phi) is 2.15. The summed E-state index contributed by atoms with van der Waals surface area (Å²) in [7, 11) is 0. The highest BCUT2D eigenvalue weighted by Crippen LogP contribution is 2.28. The number of benzene rings is 1. The van der Waals surface area contributed by atoms with E-state index in [9.17, 15) is 8.78 Å². The number of hydrogen-bond donors (Lipinski definition) is 2. The summed E-state index contributed by atoms with van der Waals surface area (Å²) in [6, 6.07) is 1.30. The van der Waals surface area contributed by atoms with Gasteiger partial charge in [-0.15, -0.1) is 0 Å². The lowest BCUT2D eigenvalue weighted by Gasteiger charge is -2.22. The highest BCUT2D eigenvalue weighted by atomic mass is 19.1. The zero-order valence-electron chi connectivity index (χ0n) is 7.69. The van der Waals surface area contributed by atoms with Gasteiger partial charge >= 0.3 is 0 Å². The van der Waals surface area contributed by atoms with Crippen molar-refractivity contribution in [1.82, 2.24) is 0 Å². The SMILES string of the molecule is Nc1c(F)cc2c(c1F)CC[C@@H](N)C2. The number of halogens is 2. The zero-order valence-corrected chi connectivity index (χ0v) is 7.69. The Morgan fingerprint density at radius 2 is 2.07 bits per heavy atom. The van der Waals surface area contributed by atoms with Crippen LogP contribution in [0.5, 0.6) is 0 Å². The third kappa shape index (κ3) is 1.35. The monoisotopic (exact) mass is 198 g/mol. The maximum Gasteiger partial charge on any atom is 0.152 e. The molecule has 0 unspecified atom stereocenters. The Morgan fingerprint density at radius 1 is 1.36 bits per heavy atom. The van der Waals surface area contributed by atoms with E-state index < -0.39 is 11.6 Å². The predicted molar refractivity (Wildman–Crippen MR) is 50.8 cm³/mol. The molecule has 0 heterocycles. The third-order valence-electron chi connectivity index (χ3n) is 2.69. The van der Waals surface area contributed by atoms with Crippen LogP contribution in [0.3, 0.4) is 0 Å². The molecule has 76 valence electrons. The van der Waals surface area contributed by atoms with E-state index in [0.29, 0.717) is 24.0 Å². The molecule has 1 atom stereocenters. The van der Waals surface area contributed by atoms with Crippen molar-refractivity contribution in [3.63, 3.8) is 0 Å². The average Bonchev–Trinajstić information content (AvgIpc) is 2.14. The number of fused-ring (bicyclic) bond motifs is 1. The second kappa shape index (κ2) is 3.20. The van der Waals surface area contributed by atoms with Crippen molar-refractivity contribution in [3.05, 3.63) is 28.8 Å². The fourth-order valence-corrected chi connectivity index (χ4v) is 1.89. The van der Waals surface area contributed by atoms with E-state index in [0.717, 1.165) is 6.42 Å². The van der Waals surface area contributed by atoms with Crippen LogP contribution < -0.4 is 11.5 Å². The first-order chi connectivity index (χ1) is 6.59. The van der Waals surface area contributed by atoms with Crippen molar-refractivity contribution in [2.75, 3.05) is 5.73 Å². The smallest absolute Gasteiger partial charge is 0.152 e. The van der Waals surface area contributed by atoms with Crippen LogP contribution in [0.1, 0.15) is 17.5 Å². The lowest BCUT2D eigenvalue weighted by Crippen LogP contribution is -2.28. The molecule has 1 aliphatic carbocycles. The lowest BCUT2D eigenvalue weighted by atomic mass is 9.88. The van der Waals surface area contributed by atoms with Gasteiger partial charge in [-0.25, -0.2) is 8.78 Å². The minimum atomic E-state index is -0.685. The van der Waals surface area contributed by atoms with Crippen LogP contribution in [0, 0.1) is 11.6 Å². The molecule has 0 bridgehead atoms. The Bertz CT molecular complexity index is 377. The van der Waals surface area contributed by atoms with Crippen molar-refractivity contribution >= 4 is 5.69 Å². The van der Waals surface area contributed by atoms with Crippen molar-refractivity contribution in [1.29, 1.82) is 0 Å². The normalized spacial score (nSPS) is 20.6. The first-order valence-electron chi connectivity index (χ1n) is 4.60. The molecular formula is C10H12F2N2. The number of hydrogen-bond acceptors (Lipinski definition) is 2. The molecule has 0 radical (unpaired) electrons. The van der Waals surface area contributed by atoms with E-state index in [2.05, 4.69) is 0 Å². The van der Waals surface area contributed by atoms with Crippen LogP contribution in [-0.2, 0) is 12.8 Å². The van der Waals surface area contributed by atoms with Crippen LogP contribution in [0.25, 0.3) is 0 Å². The van der Waals surface area contributed by atoms with E-state index >= 15 is 0 Å². The fraction of sp³-hybridized carbons (Fsp3) is 0.400. The second-order valence-electron chi connectivity index (χ2n) is 3.73. The molecule has 1 aromatic carbocycles. The Morgan fingerprint density at radius 3 is 2.79 bits per heavy atom. The highest BCUT2D eigenvalue weighted by molar-refractivity contribution is 5.49. The van der Waals surface area contributed by atoms with Crippen LogP contribution in [0.2, 0.25) is 0 Å². The Hall–Kier alpha value is -1.16. The summed E-state index contributed by atoms with van der Waals surface area (Å²) in [6.07, 6.45) is 1.81. The van der Waals surface area contributed by atoms with E-state index in [1.807, 2.05) is 0 Å². The lowest BCUT2D eigenvalue weighted by molar-refractivity contribution is 0.525. The number of anilines is 1. The molecule has 0 aliphatic heterocycles. The maximum atomic E-state index is 13.5. The topological polar surface area (TPSA) is 52.0 Å². The Balaban J connectivity index is 2.54. The van der Waals surface area contributed by atoms with Crippen LogP contribution in [-0.4, -0.2) is 6.04 Å².